The van der Waals surface area contributed by atoms with Gasteiger partial charge in [-0.3, -0.25) is 4.79 Å². The molecule has 0 aliphatic rings. The molecule has 0 fully saturated rings. The van der Waals surface area contributed by atoms with Gasteiger partial charge >= 0.3 is 0 Å². The third-order valence-electron chi connectivity index (χ3n) is 1.64. The summed E-state index contributed by atoms with van der Waals surface area (Å²) in [5, 5.41) is 0. The summed E-state index contributed by atoms with van der Waals surface area (Å²) in [6.07, 6.45) is 4.16. The van der Waals surface area contributed by atoms with Crippen LogP contribution in [0.5, 0.6) is 0 Å². The van der Waals surface area contributed by atoms with Crippen LogP contribution < -0.4 is 11.3 Å². The van der Waals surface area contributed by atoms with E-state index >= 15 is 0 Å². The molecule has 0 amide bonds. The largest absolute Gasteiger partial charge is 0.398 e. The molecular weight excluding hydrogens is 232 g/mol. The first-order valence-corrected chi connectivity index (χ1v) is 4.71. The van der Waals surface area contributed by atoms with E-state index in [0.29, 0.717) is 16.7 Å². The minimum Gasteiger partial charge on any atom is -0.398 e. The molecule has 2 N–H and O–H groups in total. The number of allylic oxidation sites excluding steroid dienone is 1. The smallest absolute Gasteiger partial charge is 0.264 e. The van der Waals surface area contributed by atoms with Crippen molar-refractivity contribution in [3.8, 4) is 0 Å². The lowest BCUT2D eigenvalue weighted by Gasteiger charge is -2.05. The van der Waals surface area contributed by atoms with E-state index in [1.807, 2.05) is 0 Å². The molecule has 1 heterocycles. The van der Waals surface area contributed by atoms with Crippen LogP contribution in [0.25, 0.3) is 0 Å². The molecule has 70 valence electrons. The molecule has 0 atom stereocenters. The van der Waals surface area contributed by atoms with Crippen molar-refractivity contribution in [2.75, 3.05) is 5.73 Å². The van der Waals surface area contributed by atoms with E-state index in [0.717, 1.165) is 6.42 Å². The van der Waals surface area contributed by atoms with Crippen LogP contribution in [0.2, 0.25) is 0 Å². The van der Waals surface area contributed by atoms with E-state index in [4.69, 9.17) is 5.73 Å². The van der Waals surface area contributed by atoms with Crippen molar-refractivity contribution >= 4 is 21.6 Å². The molecule has 1 rings (SSSR count). The fourth-order valence-corrected chi connectivity index (χ4v) is 1.51. The topological polar surface area (TPSA) is 48.0 Å². The Kier molecular flexibility index (Phi) is 3.31. The minimum absolute atomic E-state index is 0.0592. The van der Waals surface area contributed by atoms with Crippen LogP contribution in [0.3, 0.4) is 0 Å². The summed E-state index contributed by atoms with van der Waals surface area (Å²) < 4.78 is 2.07. The van der Waals surface area contributed by atoms with Crippen molar-refractivity contribution < 1.29 is 0 Å². The van der Waals surface area contributed by atoms with Gasteiger partial charge in [0.25, 0.3) is 5.56 Å². The zero-order chi connectivity index (χ0) is 9.84. The number of halogens is 1. The fraction of sp³-hybridized carbons (Fsp3) is 0.222. The Morgan fingerprint density at radius 1 is 1.69 bits per heavy atom. The monoisotopic (exact) mass is 242 g/mol. The van der Waals surface area contributed by atoms with Gasteiger partial charge in [0.05, 0.1) is 4.47 Å². The fourth-order valence-electron chi connectivity index (χ4n) is 1.02. The molecule has 13 heavy (non-hydrogen) atoms. The van der Waals surface area contributed by atoms with E-state index in [-0.39, 0.29) is 5.56 Å². The predicted octanol–water partition coefficient (Wildman–Crippen LogP) is 1.77. The van der Waals surface area contributed by atoms with Crippen molar-refractivity contribution in [1.29, 1.82) is 0 Å². The molecule has 0 spiro atoms. The van der Waals surface area contributed by atoms with Gasteiger partial charge in [-0.05, 0) is 28.4 Å². The third-order valence-corrected chi connectivity index (χ3v) is 2.21. The molecule has 0 saturated heterocycles. The summed E-state index contributed by atoms with van der Waals surface area (Å²) in [5.74, 6) is 0. The number of pyridine rings is 1. The first-order chi connectivity index (χ1) is 6.15. The molecule has 0 unspecified atom stereocenters. The van der Waals surface area contributed by atoms with E-state index in [9.17, 15) is 4.79 Å². The summed E-state index contributed by atoms with van der Waals surface area (Å²) in [6.45, 7) is 4.21. The van der Waals surface area contributed by atoms with Gasteiger partial charge in [0.1, 0.15) is 0 Å². The number of nitrogen functional groups attached to an aromatic ring is 1. The maximum atomic E-state index is 11.5. The molecule has 0 aliphatic carbocycles. The Balaban J connectivity index is 3.05. The van der Waals surface area contributed by atoms with Gasteiger partial charge < -0.3 is 10.3 Å². The van der Waals surface area contributed by atoms with Crippen molar-refractivity contribution in [2.24, 2.45) is 0 Å². The van der Waals surface area contributed by atoms with Crippen LogP contribution >= 0.6 is 15.9 Å². The maximum Gasteiger partial charge on any atom is 0.264 e. The molecule has 1 aromatic rings. The number of hydrogen-bond acceptors (Lipinski definition) is 2. The summed E-state index contributed by atoms with van der Waals surface area (Å²) in [5.41, 5.74) is 6.10. The number of rotatable bonds is 3. The van der Waals surface area contributed by atoms with Crippen LogP contribution in [0.15, 0.2) is 34.2 Å². The first kappa shape index (κ1) is 10.1. The van der Waals surface area contributed by atoms with Crippen molar-refractivity contribution in [3.05, 3.63) is 39.7 Å². The lowest BCUT2D eigenvalue weighted by atomic mass is 10.3. The average Bonchev–Trinajstić information content (AvgIpc) is 2.09. The zero-order valence-corrected chi connectivity index (χ0v) is 8.75. The van der Waals surface area contributed by atoms with E-state index in [1.54, 1.807) is 22.9 Å². The van der Waals surface area contributed by atoms with Gasteiger partial charge in [-0.1, -0.05) is 6.08 Å². The molecule has 0 bridgehead atoms. The Morgan fingerprint density at radius 2 is 2.38 bits per heavy atom. The van der Waals surface area contributed by atoms with Crippen LogP contribution in [0, 0.1) is 0 Å². The van der Waals surface area contributed by atoms with E-state index < -0.39 is 0 Å². The highest BCUT2D eigenvalue weighted by atomic mass is 79.9. The van der Waals surface area contributed by atoms with Crippen LogP contribution in [-0.2, 0) is 6.54 Å². The van der Waals surface area contributed by atoms with Crippen LogP contribution in [0.1, 0.15) is 6.42 Å². The van der Waals surface area contributed by atoms with Crippen molar-refractivity contribution in [1.82, 2.24) is 4.57 Å². The maximum absolute atomic E-state index is 11.5. The van der Waals surface area contributed by atoms with Gasteiger partial charge in [-0.2, -0.15) is 0 Å². The molecule has 0 radical (unpaired) electrons. The lowest BCUT2D eigenvalue weighted by Crippen LogP contribution is -2.20. The Labute approximate surface area is 85.0 Å². The van der Waals surface area contributed by atoms with E-state index in [2.05, 4.69) is 22.5 Å². The summed E-state index contributed by atoms with van der Waals surface area (Å²) in [6, 6.07) is 1.60. The summed E-state index contributed by atoms with van der Waals surface area (Å²) in [7, 11) is 0. The Bertz CT molecular complexity index is 370. The molecule has 3 nitrogen and oxygen atoms in total. The molecule has 1 aromatic heterocycles. The zero-order valence-electron chi connectivity index (χ0n) is 7.16. The Hall–Kier alpha value is -1.03. The van der Waals surface area contributed by atoms with Crippen molar-refractivity contribution in [2.45, 2.75) is 13.0 Å². The quantitative estimate of drug-likeness (QED) is 0.822. The Morgan fingerprint density at radius 3 is 3.00 bits per heavy atom. The lowest BCUT2D eigenvalue weighted by molar-refractivity contribution is 0.680. The van der Waals surface area contributed by atoms with E-state index in [1.165, 1.54) is 0 Å². The predicted molar refractivity (Wildman–Crippen MR) is 57.6 cm³/mol. The van der Waals surface area contributed by atoms with Crippen molar-refractivity contribution in [3.63, 3.8) is 0 Å². The number of nitrogens with zero attached hydrogens (tertiary/aromatic N) is 1. The number of aryl methyl sites for hydroxylation is 1. The van der Waals surface area contributed by atoms with Crippen LogP contribution in [-0.4, -0.2) is 4.57 Å². The third kappa shape index (κ3) is 2.45. The highest BCUT2D eigenvalue weighted by Crippen LogP contribution is 2.08. The molecule has 4 heteroatoms. The number of aromatic nitrogens is 1. The van der Waals surface area contributed by atoms with Gasteiger partial charge in [0, 0.05) is 18.4 Å². The van der Waals surface area contributed by atoms with Gasteiger partial charge in [-0.25, -0.2) is 0 Å². The normalized spacial score (nSPS) is 9.92. The van der Waals surface area contributed by atoms with Crippen LogP contribution in [0.4, 0.5) is 5.69 Å². The molecular formula is C9H11BrN2O. The highest BCUT2D eigenvalue weighted by Gasteiger charge is 2.00. The second-order valence-electron chi connectivity index (χ2n) is 2.70. The summed E-state index contributed by atoms with van der Waals surface area (Å²) >= 11 is 3.15. The second-order valence-corrected chi connectivity index (χ2v) is 3.55. The average molecular weight is 243 g/mol. The molecule has 0 aliphatic heterocycles. The standard InChI is InChI=1S/C9H11BrN2O/c1-2-3-4-12-6-7(11)5-8(10)9(12)13/h2,5-6H,1,3-4,11H2. The van der Waals surface area contributed by atoms with Gasteiger partial charge in [0.2, 0.25) is 0 Å². The number of nitrogens with two attached hydrogens (primary N) is 1. The molecule has 0 aromatic carbocycles. The minimum atomic E-state index is -0.0592. The SMILES string of the molecule is C=CCCn1cc(N)cc(Br)c1=O. The second kappa shape index (κ2) is 4.28. The highest BCUT2D eigenvalue weighted by molar-refractivity contribution is 9.10. The van der Waals surface area contributed by atoms with Gasteiger partial charge in [0.15, 0.2) is 0 Å². The first-order valence-electron chi connectivity index (χ1n) is 3.91. The van der Waals surface area contributed by atoms with Gasteiger partial charge in [-0.15, -0.1) is 6.58 Å². The number of anilines is 1. The summed E-state index contributed by atoms with van der Waals surface area (Å²) in [4.78, 5) is 11.5. The molecule has 0 saturated carbocycles. The number of hydrogen-bond donors (Lipinski definition) is 1.